The molecule has 0 fully saturated rings. The van der Waals surface area contributed by atoms with Gasteiger partial charge in [-0.15, -0.1) is 0 Å². The maximum absolute atomic E-state index is 11.5. The van der Waals surface area contributed by atoms with E-state index in [1.807, 2.05) is 49.4 Å². The number of hydrogen-bond donors (Lipinski definition) is 3. The van der Waals surface area contributed by atoms with E-state index in [4.69, 9.17) is 9.15 Å². The Labute approximate surface area is 187 Å². The molecule has 0 saturated heterocycles. The summed E-state index contributed by atoms with van der Waals surface area (Å²) in [5, 5.41) is 9.32. The Morgan fingerprint density at radius 1 is 1.19 bits per heavy atom. The van der Waals surface area contributed by atoms with E-state index in [-0.39, 0.29) is 5.91 Å². The molecule has 2 aromatic carbocycles. The van der Waals surface area contributed by atoms with Crippen LogP contribution in [0.4, 0.5) is 5.69 Å². The molecule has 0 spiro atoms. The van der Waals surface area contributed by atoms with Crippen molar-refractivity contribution in [3.8, 4) is 17.2 Å². The number of aromatic nitrogens is 1. The molecule has 0 radical (unpaired) electrons. The van der Waals surface area contributed by atoms with E-state index in [9.17, 15) is 4.79 Å². The quantitative estimate of drug-likeness (QED) is 0.300. The fraction of sp³-hybridized carbons (Fsp3) is 0.292. The van der Waals surface area contributed by atoms with Gasteiger partial charge in [-0.1, -0.05) is 17.7 Å². The number of amides is 1. The summed E-state index contributed by atoms with van der Waals surface area (Å²) >= 11 is 0. The highest BCUT2D eigenvalue weighted by Crippen LogP contribution is 2.26. The van der Waals surface area contributed by atoms with Gasteiger partial charge < -0.3 is 25.1 Å². The smallest absolute Gasteiger partial charge is 0.226 e. The number of ether oxygens (including phenoxy) is 1. The molecule has 166 valence electrons. The second kappa shape index (κ2) is 10.00. The number of nitrogens with one attached hydrogen (secondary N) is 3. The van der Waals surface area contributed by atoms with Gasteiger partial charge in [0.15, 0.2) is 5.96 Å². The maximum atomic E-state index is 11.5. The molecule has 4 rings (SSSR count). The van der Waals surface area contributed by atoms with Crippen LogP contribution in [0.5, 0.6) is 5.75 Å². The van der Waals surface area contributed by atoms with Crippen molar-refractivity contribution in [3.05, 3.63) is 65.5 Å². The van der Waals surface area contributed by atoms with Gasteiger partial charge in [0.1, 0.15) is 18.6 Å². The van der Waals surface area contributed by atoms with E-state index in [2.05, 4.69) is 25.9 Å². The Hall–Kier alpha value is -3.81. The van der Waals surface area contributed by atoms with Crippen LogP contribution in [0.3, 0.4) is 0 Å². The molecule has 3 aromatic rings. The zero-order chi connectivity index (χ0) is 22.3. The van der Waals surface area contributed by atoms with Crippen molar-refractivity contribution in [2.24, 2.45) is 4.99 Å². The molecule has 1 aromatic heterocycles. The molecule has 0 atom stereocenters. The summed E-state index contributed by atoms with van der Waals surface area (Å²) < 4.78 is 11.4. The van der Waals surface area contributed by atoms with Gasteiger partial charge in [0.25, 0.3) is 0 Å². The molecule has 0 aliphatic carbocycles. The van der Waals surface area contributed by atoms with Crippen molar-refractivity contribution in [1.82, 2.24) is 15.6 Å². The Bertz CT molecular complexity index is 1110. The van der Waals surface area contributed by atoms with Gasteiger partial charge in [-0.2, -0.15) is 0 Å². The summed E-state index contributed by atoms with van der Waals surface area (Å²) in [6.07, 6.45) is 2.90. The van der Waals surface area contributed by atoms with Gasteiger partial charge in [-0.3, -0.25) is 9.79 Å². The number of aryl methyl sites for hydroxylation is 2. The van der Waals surface area contributed by atoms with Crippen molar-refractivity contribution in [1.29, 1.82) is 0 Å². The van der Waals surface area contributed by atoms with Gasteiger partial charge in [0, 0.05) is 24.7 Å². The van der Waals surface area contributed by atoms with E-state index in [1.54, 1.807) is 13.3 Å². The van der Waals surface area contributed by atoms with Crippen molar-refractivity contribution >= 4 is 17.6 Å². The van der Waals surface area contributed by atoms with Crippen LogP contribution in [-0.2, 0) is 17.8 Å². The Kier molecular flexibility index (Phi) is 6.69. The third-order valence-corrected chi connectivity index (χ3v) is 5.15. The maximum Gasteiger partial charge on any atom is 0.226 e. The zero-order valence-electron chi connectivity index (χ0n) is 18.3. The minimum absolute atomic E-state index is 0.0613. The van der Waals surface area contributed by atoms with Crippen molar-refractivity contribution in [2.75, 3.05) is 25.5 Å². The number of aliphatic imine (C=N–C) groups is 1. The first-order valence-corrected chi connectivity index (χ1v) is 10.6. The van der Waals surface area contributed by atoms with E-state index in [0.29, 0.717) is 38.0 Å². The second-order valence-corrected chi connectivity index (χ2v) is 7.58. The van der Waals surface area contributed by atoms with Crippen molar-refractivity contribution in [2.45, 2.75) is 26.3 Å². The van der Waals surface area contributed by atoms with Crippen molar-refractivity contribution < 1.29 is 13.9 Å². The number of hydrogen-bond acceptors (Lipinski definition) is 5. The van der Waals surface area contributed by atoms with E-state index >= 15 is 0 Å². The molecule has 32 heavy (non-hydrogen) atoms. The molecule has 8 heteroatoms. The SMILES string of the molecule is CN=C(NCCOc1ccc2c(c1)CCC(=O)N2)NCc1coc(-c2ccc(C)cc2)n1. The van der Waals surface area contributed by atoms with E-state index in [1.165, 1.54) is 5.56 Å². The first-order chi connectivity index (χ1) is 15.6. The summed E-state index contributed by atoms with van der Waals surface area (Å²) in [5.74, 6) is 2.10. The predicted molar refractivity (Wildman–Crippen MR) is 124 cm³/mol. The third-order valence-electron chi connectivity index (χ3n) is 5.15. The molecule has 0 bridgehead atoms. The first kappa shape index (κ1) is 21.4. The molecule has 8 nitrogen and oxygen atoms in total. The Morgan fingerprint density at radius 2 is 2.03 bits per heavy atom. The molecule has 3 N–H and O–H groups in total. The van der Waals surface area contributed by atoms with Crippen LogP contribution in [0.1, 0.15) is 23.2 Å². The molecular weight excluding hydrogens is 406 g/mol. The minimum Gasteiger partial charge on any atom is -0.492 e. The van der Waals surface area contributed by atoms with Crippen LogP contribution in [0.25, 0.3) is 11.5 Å². The summed E-state index contributed by atoms with van der Waals surface area (Å²) in [7, 11) is 1.72. The van der Waals surface area contributed by atoms with Gasteiger partial charge >= 0.3 is 0 Å². The van der Waals surface area contributed by atoms with Crippen LogP contribution in [0, 0.1) is 6.92 Å². The van der Waals surface area contributed by atoms with Crippen LogP contribution < -0.4 is 20.7 Å². The molecule has 1 aliphatic rings. The highest BCUT2D eigenvalue weighted by atomic mass is 16.5. The average Bonchev–Trinajstić information content (AvgIpc) is 3.28. The standard InChI is InChI=1S/C24H27N5O3/c1-16-3-5-17(6-4-16)23-28-19(15-32-23)14-27-24(25-2)26-11-12-31-20-8-9-21-18(13-20)7-10-22(30)29-21/h3-6,8-9,13,15H,7,10-12,14H2,1-2H3,(H,29,30)(H2,25,26,27). The lowest BCUT2D eigenvalue weighted by Gasteiger charge is -2.18. The van der Waals surface area contributed by atoms with Gasteiger partial charge in [-0.25, -0.2) is 4.98 Å². The number of benzene rings is 2. The summed E-state index contributed by atoms with van der Waals surface area (Å²) in [4.78, 5) is 20.2. The lowest BCUT2D eigenvalue weighted by molar-refractivity contribution is -0.116. The van der Waals surface area contributed by atoms with Gasteiger partial charge in [-0.05, 0) is 49.2 Å². The number of anilines is 1. The molecule has 0 saturated carbocycles. The number of carbonyl (C=O) groups excluding carboxylic acids is 1. The molecule has 0 unspecified atom stereocenters. The molecule has 1 aliphatic heterocycles. The molecule has 1 amide bonds. The molecule has 2 heterocycles. The second-order valence-electron chi connectivity index (χ2n) is 7.58. The topological polar surface area (TPSA) is 101 Å². The van der Waals surface area contributed by atoms with Crippen molar-refractivity contribution in [3.63, 3.8) is 0 Å². The van der Waals surface area contributed by atoms with Crippen LogP contribution in [-0.4, -0.2) is 37.1 Å². The van der Waals surface area contributed by atoms with Crippen LogP contribution >= 0.6 is 0 Å². The number of rotatable bonds is 7. The van der Waals surface area contributed by atoms with Crippen LogP contribution in [0.15, 0.2) is 58.1 Å². The average molecular weight is 434 g/mol. The van der Waals surface area contributed by atoms with Gasteiger partial charge in [0.05, 0.1) is 18.8 Å². The first-order valence-electron chi connectivity index (χ1n) is 10.6. The number of oxazole rings is 1. The zero-order valence-corrected chi connectivity index (χ0v) is 18.3. The molecular formula is C24H27N5O3. The largest absolute Gasteiger partial charge is 0.492 e. The van der Waals surface area contributed by atoms with Gasteiger partial charge in [0.2, 0.25) is 11.8 Å². The number of guanidine groups is 1. The lowest BCUT2D eigenvalue weighted by Crippen LogP contribution is -2.38. The highest BCUT2D eigenvalue weighted by molar-refractivity contribution is 5.94. The van der Waals surface area contributed by atoms with E-state index < -0.39 is 0 Å². The summed E-state index contributed by atoms with van der Waals surface area (Å²) in [5.41, 5.74) is 4.91. The predicted octanol–water partition coefficient (Wildman–Crippen LogP) is 3.28. The van der Waals surface area contributed by atoms with E-state index in [0.717, 1.165) is 34.7 Å². The lowest BCUT2D eigenvalue weighted by atomic mass is 10.0. The highest BCUT2D eigenvalue weighted by Gasteiger charge is 2.15. The fourth-order valence-electron chi connectivity index (χ4n) is 3.40. The fourth-order valence-corrected chi connectivity index (χ4v) is 3.40. The Balaban J connectivity index is 1.21. The monoisotopic (exact) mass is 433 g/mol. The third kappa shape index (κ3) is 5.46. The number of nitrogens with zero attached hydrogens (tertiary/aromatic N) is 2. The van der Waals surface area contributed by atoms with Crippen LogP contribution in [0.2, 0.25) is 0 Å². The Morgan fingerprint density at radius 3 is 2.84 bits per heavy atom. The normalized spacial score (nSPS) is 13.3. The summed E-state index contributed by atoms with van der Waals surface area (Å²) in [6, 6.07) is 13.8. The number of carbonyl (C=O) groups is 1. The number of fused-ring (bicyclic) bond motifs is 1. The minimum atomic E-state index is 0.0613. The summed E-state index contributed by atoms with van der Waals surface area (Å²) in [6.45, 7) is 3.60.